The van der Waals surface area contributed by atoms with Crippen LogP contribution in [0.1, 0.15) is 23.3 Å². The first-order chi connectivity index (χ1) is 9.86. The second-order valence-corrected chi connectivity index (χ2v) is 5.54. The summed E-state index contributed by atoms with van der Waals surface area (Å²) >= 11 is 1.27. The van der Waals surface area contributed by atoms with E-state index in [1.807, 2.05) is 6.07 Å². The smallest absolute Gasteiger partial charge is 0.320 e. The molecular formula is C13H17N3O4S. The number of anilines is 1. The second kappa shape index (κ2) is 7.71. The lowest BCUT2D eigenvalue weighted by molar-refractivity contribution is -0.138. The molecule has 114 valence electrons. The molecule has 4 N–H and O–H groups in total. The Labute approximate surface area is 126 Å². The average Bonchev–Trinajstić information content (AvgIpc) is 2.68. The lowest BCUT2D eigenvalue weighted by atomic mass is 10.2. The predicted molar refractivity (Wildman–Crippen MR) is 79.1 cm³/mol. The summed E-state index contributed by atoms with van der Waals surface area (Å²) in [5.41, 5.74) is 6.37. The van der Waals surface area contributed by atoms with Gasteiger partial charge < -0.3 is 15.3 Å². The van der Waals surface area contributed by atoms with Crippen LogP contribution in [-0.2, 0) is 9.59 Å². The minimum absolute atomic E-state index is 0.135. The van der Waals surface area contributed by atoms with E-state index in [0.29, 0.717) is 22.6 Å². The molecule has 1 unspecified atom stereocenters. The number of furan rings is 1. The quantitative estimate of drug-likeness (QED) is 0.646. The van der Waals surface area contributed by atoms with Gasteiger partial charge in [-0.1, -0.05) is 0 Å². The zero-order valence-electron chi connectivity index (χ0n) is 11.8. The highest BCUT2D eigenvalue weighted by atomic mass is 32.2. The number of rotatable bonds is 7. The van der Waals surface area contributed by atoms with Crippen molar-refractivity contribution in [1.82, 2.24) is 0 Å². The molecule has 0 aliphatic heterocycles. The Morgan fingerprint density at radius 1 is 1.52 bits per heavy atom. The lowest BCUT2D eigenvalue weighted by Gasteiger charge is -2.06. The van der Waals surface area contributed by atoms with Crippen LogP contribution < -0.4 is 11.1 Å². The van der Waals surface area contributed by atoms with Crippen LogP contribution >= 0.6 is 11.8 Å². The maximum Gasteiger partial charge on any atom is 0.320 e. The van der Waals surface area contributed by atoms with E-state index in [1.165, 1.54) is 11.8 Å². The van der Waals surface area contributed by atoms with Gasteiger partial charge in [-0.05, 0) is 26.0 Å². The summed E-state index contributed by atoms with van der Waals surface area (Å²) in [7, 11) is 0. The zero-order chi connectivity index (χ0) is 16.0. The van der Waals surface area contributed by atoms with Gasteiger partial charge in [0.05, 0.1) is 5.75 Å². The fraction of sp³-hybridized carbons (Fsp3) is 0.462. The van der Waals surface area contributed by atoms with E-state index in [2.05, 4.69) is 5.32 Å². The van der Waals surface area contributed by atoms with Crippen molar-refractivity contribution < 1.29 is 19.1 Å². The third-order valence-electron chi connectivity index (χ3n) is 2.87. The maximum atomic E-state index is 11.7. The van der Waals surface area contributed by atoms with Crippen molar-refractivity contribution >= 4 is 29.5 Å². The number of nitriles is 1. The highest BCUT2D eigenvalue weighted by molar-refractivity contribution is 7.99. The predicted octanol–water partition coefficient (Wildman–Crippen LogP) is 1.24. The summed E-state index contributed by atoms with van der Waals surface area (Å²) < 4.78 is 5.32. The van der Waals surface area contributed by atoms with Crippen molar-refractivity contribution in [3.8, 4) is 6.07 Å². The number of aryl methyl sites for hydroxylation is 1. The van der Waals surface area contributed by atoms with E-state index in [0.717, 1.165) is 0 Å². The van der Waals surface area contributed by atoms with E-state index >= 15 is 0 Å². The first-order valence-corrected chi connectivity index (χ1v) is 7.38. The highest BCUT2D eigenvalue weighted by Gasteiger charge is 2.16. The number of nitrogens with zero attached hydrogens (tertiary/aromatic N) is 1. The summed E-state index contributed by atoms with van der Waals surface area (Å²) in [5.74, 6) is -0.0326. The number of amides is 1. The van der Waals surface area contributed by atoms with E-state index in [-0.39, 0.29) is 24.0 Å². The van der Waals surface area contributed by atoms with Crippen LogP contribution in [0, 0.1) is 25.2 Å². The fourth-order valence-electron chi connectivity index (χ4n) is 1.51. The molecule has 21 heavy (non-hydrogen) atoms. The third-order valence-corrected chi connectivity index (χ3v) is 3.86. The average molecular weight is 311 g/mol. The molecule has 0 aliphatic rings. The van der Waals surface area contributed by atoms with Crippen molar-refractivity contribution in [3.63, 3.8) is 0 Å². The van der Waals surface area contributed by atoms with Gasteiger partial charge in [0.15, 0.2) is 0 Å². The Morgan fingerprint density at radius 2 is 2.19 bits per heavy atom. The van der Waals surface area contributed by atoms with Crippen LogP contribution in [0.25, 0.3) is 0 Å². The van der Waals surface area contributed by atoms with Gasteiger partial charge in [0.25, 0.3) is 0 Å². The number of carboxylic acids is 1. The van der Waals surface area contributed by atoms with Gasteiger partial charge >= 0.3 is 5.97 Å². The molecule has 1 amide bonds. The van der Waals surface area contributed by atoms with Gasteiger partial charge in [-0.15, -0.1) is 0 Å². The molecule has 0 aliphatic carbocycles. The number of aliphatic carboxylic acids is 1. The van der Waals surface area contributed by atoms with E-state index in [4.69, 9.17) is 20.5 Å². The van der Waals surface area contributed by atoms with Crippen LogP contribution in [0.5, 0.6) is 0 Å². The normalized spacial score (nSPS) is 11.7. The third kappa shape index (κ3) is 4.81. The van der Waals surface area contributed by atoms with Crippen molar-refractivity contribution in [3.05, 3.63) is 16.9 Å². The number of carboxylic acid groups (broad SMARTS) is 1. The molecule has 1 heterocycles. The molecular weight excluding hydrogens is 294 g/mol. The standard InChI is InChI=1S/C13H17N3O4S/c1-7-8(2)20-12(9(7)5-14)16-11(17)6-21-4-3-10(15)13(18)19/h10H,3-4,6,15H2,1-2H3,(H,16,17)(H,18,19). The molecule has 0 saturated carbocycles. The molecule has 7 nitrogen and oxygen atoms in total. The summed E-state index contributed by atoms with van der Waals surface area (Å²) in [5, 5.41) is 20.2. The monoisotopic (exact) mass is 311 g/mol. The number of nitrogens with two attached hydrogens (primary N) is 1. The van der Waals surface area contributed by atoms with E-state index in [9.17, 15) is 9.59 Å². The summed E-state index contributed by atoms with van der Waals surface area (Å²) in [6.07, 6.45) is 0.287. The molecule has 8 heteroatoms. The maximum absolute atomic E-state index is 11.7. The van der Waals surface area contributed by atoms with Gasteiger partial charge in [-0.3, -0.25) is 14.9 Å². The van der Waals surface area contributed by atoms with Gasteiger partial charge in [-0.2, -0.15) is 17.0 Å². The van der Waals surface area contributed by atoms with Gasteiger partial charge in [0.1, 0.15) is 23.4 Å². The molecule has 0 fully saturated rings. The van der Waals surface area contributed by atoms with Crippen LogP contribution in [0.2, 0.25) is 0 Å². The van der Waals surface area contributed by atoms with Gasteiger partial charge in [0, 0.05) is 5.56 Å². The van der Waals surface area contributed by atoms with Crippen LogP contribution in [0.4, 0.5) is 5.88 Å². The molecule has 1 aromatic heterocycles. The van der Waals surface area contributed by atoms with Crippen molar-refractivity contribution in [2.45, 2.75) is 26.3 Å². The Balaban J connectivity index is 2.43. The largest absolute Gasteiger partial charge is 0.480 e. The van der Waals surface area contributed by atoms with Gasteiger partial charge in [-0.25, -0.2) is 0 Å². The summed E-state index contributed by atoms with van der Waals surface area (Å²) in [4.78, 5) is 22.2. The Kier molecular flexibility index (Phi) is 6.27. The van der Waals surface area contributed by atoms with Crippen molar-refractivity contribution in [1.29, 1.82) is 5.26 Å². The molecule has 0 spiro atoms. The molecule has 1 aromatic rings. The minimum Gasteiger partial charge on any atom is -0.480 e. The Hall–Kier alpha value is -1.98. The molecule has 0 saturated heterocycles. The molecule has 0 aromatic carbocycles. The van der Waals surface area contributed by atoms with E-state index in [1.54, 1.807) is 13.8 Å². The fourth-order valence-corrected chi connectivity index (χ4v) is 2.33. The number of hydrogen-bond acceptors (Lipinski definition) is 6. The topological polar surface area (TPSA) is 129 Å². The van der Waals surface area contributed by atoms with Crippen molar-refractivity contribution in [2.24, 2.45) is 5.73 Å². The number of thioether (sulfide) groups is 1. The summed E-state index contributed by atoms with van der Waals surface area (Å²) in [6.45, 7) is 3.46. The number of carbonyl (C=O) groups excluding carboxylic acids is 1. The van der Waals surface area contributed by atoms with Crippen LogP contribution in [0.15, 0.2) is 4.42 Å². The molecule has 1 atom stereocenters. The Bertz CT molecular complexity index is 577. The summed E-state index contributed by atoms with van der Waals surface area (Å²) in [6, 6.07) is 1.07. The first kappa shape index (κ1) is 17.1. The number of hydrogen-bond donors (Lipinski definition) is 3. The second-order valence-electron chi connectivity index (χ2n) is 4.43. The van der Waals surface area contributed by atoms with Crippen molar-refractivity contribution in [2.75, 3.05) is 16.8 Å². The SMILES string of the molecule is Cc1oc(NC(=O)CSCCC(N)C(=O)O)c(C#N)c1C. The van der Waals surface area contributed by atoms with Crippen LogP contribution in [0.3, 0.4) is 0 Å². The molecule has 0 bridgehead atoms. The van der Waals surface area contributed by atoms with Crippen LogP contribution in [-0.4, -0.2) is 34.5 Å². The van der Waals surface area contributed by atoms with Gasteiger partial charge in [0.2, 0.25) is 11.8 Å². The zero-order valence-corrected chi connectivity index (χ0v) is 12.6. The van der Waals surface area contributed by atoms with E-state index < -0.39 is 12.0 Å². The Morgan fingerprint density at radius 3 is 2.76 bits per heavy atom. The highest BCUT2D eigenvalue weighted by Crippen LogP contribution is 2.25. The number of nitrogens with one attached hydrogen (secondary N) is 1. The molecule has 0 radical (unpaired) electrons. The first-order valence-electron chi connectivity index (χ1n) is 6.22. The molecule has 1 rings (SSSR count). The minimum atomic E-state index is -1.06. The number of carbonyl (C=O) groups is 2. The lowest BCUT2D eigenvalue weighted by Crippen LogP contribution is -2.30.